The molecule has 0 radical (unpaired) electrons. The van der Waals surface area contributed by atoms with Crippen molar-refractivity contribution in [1.82, 2.24) is 10.3 Å². The van der Waals surface area contributed by atoms with Gasteiger partial charge in [0, 0.05) is 28.3 Å². The van der Waals surface area contributed by atoms with Gasteiger partial charge in [0.15, 0.2) is 9.84 Å². The van der Waals surface area contributed by atoms with Crippen LogP contribution in [0.2, 0.25) is 15.1 Å². The molecule has 2 saturated heterocycles. The van der Waals surface area contributed by atoms with E-state index in [-0.39, 0.29) is 44.8 Å². The number of halogens is 3. The number of anilines is 2. The molecule has 1 aromatic heterocycles. The Hall–Kier alpha value is -5.05. The number of amidine groups is 1. The van der Waals surface area contributed by atoms with Gasteiger partial charge >= 0.3 is 6.03 Å². The summed E-state index contributed by atoms with van der Waals surface area (Å²) in [6.45, 7) is 7.52. The number of amides is 3. The number of thioether (sulfide) groups is 1. The summed E-state index contributed by atoms with van der Waals surface area (Å²) in [6.07, 6.45) is 5.21. The van der Waals surface area contributed by atoms with E-state index in [1.165, 1.54) is 40.4 Å². The van der Waals surface area contributed by atoms with E-state index in [2.05, 4.69) is 10.7 Å². The zero-order valence-corrected chi connectivity index (χ0v) is 41.9. The molecular weight excluding hydrogens is 995 g/mol. The first kappa shape index (κ1) is 52.3. The van der Waals surface area contributed by atoms with Gasteiger partial charge in [-0.05, 0) is 91.6 Å². The minimum Gasteiger partial charge on any atom is -0.748 e. The zero-order valence-electron chi connectivity index (χ0n) is 37.2. The average Bonchev–Trinajstić information content (AvgIpc) is 3.58. The number of hydrazine groups is 1. The molecular formula is C47H49Cl3N6O9S3. The maximum Gasteiger partial charge on any atom is 0.498 e. The van der Waals surface area contributed by atoms with E-state index in [1.54, 1.807) is 90.1 Å². The molecule has 0 bridgehead atoms. The molecule has 0 aliphatic carbocycles. The Morgan fingerprint density at radius 1 is 0.941 bits per heavy atom. The predicted molar refractivity (Wildman–Crippen MR) is 265 cm³/mol. The van der Waals surface area contributed by atoms with Crippen LogP contribution in [0.15, 0.2) is 124 Å². The normalized spacial score (nSPS) is 16.2. The van der Waals surface area contributed by atoms with E-state index in [9.17, 15) is 35.8 Å². The number of nitrogens with zero attached hydrogens (tertiary/aromatic N) is 4. The van der Waals surface area contributed by atoms with Gasteiger partial charge in [0.05, 0.1) is 61.6 Å². The number of morpholine rings is 1. The molecule has 3 amide bonds. The van der Waals surface area contributed by atoms with E-state index in [4.69, 9.17) is 44.5 Å². The molecule has 360 valence electrons. The van der Waals surface area contributed by atoms with Gasteiger partial charge in [-0.25, -0.2) is 31.7 Å². The van der Waals surface area contributed by atoms with E-state index in [0.29, 0.717) is 71.6 Å². The number of carbonyl (C=O) groups is 3. The number of unbranched alkanes of at least 4 members (excludes halogenated alkanes) is 1. The molecule has 2 aliphatic heterocycles. The summed E-state index contributed by atoms with van der Waals surface area (Å²) in [4.78, 5) is 45.4. The maximum atomic E-state index is 14.3. The minimum absolute atomic E-state index is 0.142. The average molecular weight is 1040 g/mol. The highest BCUT2D eigenvalue weighted by molar-refractivity contribution is 8.01. The largest absolute Gasteiger partial charge is 0.748 e. The summed E-state index contributed by atoms with van der Waals surface area (Å²) in [5.74, 6) is -0.845. The third kappa shape index (κ3) is 13.8. The van der Waals surface area contributed by atoms with Crippen LogP contribution in [0.4, 0.5) is 21.9 Å². The van der Waals surface area contributed by atoms with E-state index < -0.39 is 42.1 Å². The number of nitrogens with one attached hydrogen (secondary N) is 2. The van der Waals surface area contributed by atoms with Crippen molar-refractivity contribution in [2.45, 2.75) is 66.7 Å². The van der Waals surface area contributed by atoms with Crippen LogP contribution in [0, 0.1) is 6.92 Å². The van der Waals surface area contributed by atoms with E-state index in [1.807, 2.05) is 26.0 Å². The second-order valence-corrected chi connectivity index (χ2v) is 21.8. The number of hydrogen-bond acceptors (Lipinski definition) is 11. The number of pyridine rings is 1. The summed E-state index contributed by atoms with van der Waals surface area (Å²) in [5, 5.41) is 2.77. The third-order valence-corrected chi connectivity index (χ3v) is 15.6. The number of aryl methyl sites for hydroxylation is 2. The van der Waals surface area contributed by atoms with Crippen molar-refractivity contribution in [1.29, 1.82) is 0 Å². The molecule has 3 heterocycles. The Labute approximate surface area is 415 Å². The monoisotopic (exact) mass is 1040 g/mol. The van der Waals surface area contributed by atoms with Crippen LogP contribution in [0.25, 0.3) is 0 Å². The van der Waals surface area contributed by atoms with E-state index in [0.717, 1.165) is 12.0 Å². The third-order valence-electron chi connectivity index (χ3n) is 10.6. The Balaban J connectivity index is 0.000000317. The van der Waals surface area contributed by atoms with Gasteiger partial charge < -0.3 is 14.6 Å². The first-order chi connectivity index (χ1) is 32.3. The number of rotatable bonds is 14. The highest BCUT2D eigenvalue weighted by Gasteiger charge is 2.42. The number of hydrogen-bond donors (Lipinski definition) is 2. The van der Waals surface area contributed by atoms with Crippen molar-refractivity contribution < 1.29 is 45.1 Å². The van der Waals surface area contributed by atoms with Gasteiger partial charge in [0.1, 0.15) is 29.9 Å². The summed E-state index contributed by atoms with van der Waals surface area (Å²) < 4.78 is 66.6. The highest BCUT2D eigenvalue weighted by atomic mass is 35.5. The number of aliphatic imine (C=N–C) groups is 1. The Kier molecular flexibility index (Phi) is 18.1. The van der Waals surface area contributed by atoms with Crippen LogP contribution < -0.4 is 20.3 Å². The molecule has 7 rings (SSSR count). The predicted octanol–water partition coefficient (Wildman–Crippen LogP) is 8.72. The van der Waals surface area contributed by atoms with Gasteiger partial charge in [-0.15, -0.1) is 11.8 Å². The number of benzene rings is 4. The van der Waals surface area contributed by atoms with Gasteiger partial charge in [-0.2, -0.15) is 9.36 Å². The molecule has 2 atom stereocenters. The molecule has 5 aromatic rings. The zero-order chi connectivity index (χ0) is 49.2. The van der Waals surface area contributed by atoms with Gasteiger partial charge in [-0.3, -0.25) is 15.0 Å². The fourth-order valence-electron chi connectivity index (χ4n) is 7.21. The lowest BCUT2D eigenvalue weighted by molar-refractivity contribution is -0.578. The lowest BCUT2D eigenvalue weighted by atomic mass is 10.1. The van der Waals surface area contributed by atoms with Crippen molar-refractivity contribution in [2.24, 2.45) is 4.99 Å². The van der Waals surface area contributed by atoms with Crippen LogP contribution >= 0.6 is 46.6 Å². The molecule has 2 aliphatic rings. The van der Waals surface area contributed by atoms with Crippen molar-refractivity contribution in [3.63, 3.8) is 0 Å². The SMILES string of the molecule is CCCCC(c1ccccc1SC1C(=O)N(c2c(Cl)cc(Cl)cc2Cl)NC1=Nc1cccc(NC(C)=O)c1)S(=O)(=O)c1ccc(C)cc1.O=C(N1CCOCC1)[n+]1ccc(CCS(=O)(=O)[O-])cc1. The molecule has 4 aromatic carbocycles. The molecule has 0 spiro atoms. The molecule has 68 heavy (non-hydrogen) atoms. The van der Waals surface area contributed by atoms with Crippen LogP contribution in [0.1, 0.15) is 55.1 Å². The van der Waals surface area contributed by atoms with Crippen LogP contribution in [0.5, 0.6) is 0 Å². The molecule has 21 heteroatoms. The van der Waals surface area contributed by atoms with Crippen molar-refractivity contribution in [3.05, 3.63) is 141 Å². The second kappa shape index (κ2) is 23.5. The summed E-state index contributed by atoms with van der Waals surface area (Å²) in [7, 11) is -8.01. The Morgan fingerprint density at radius 3 is 2.24 bits per heavy atom. The fourth-order valence-corrected chi connectivity index (χ4v) is 11.8. The highest BCUT2D eigenvalue weighted by Crippen LogP contribution is 2.43. The number of carbonyl (C=O) groups excluding carboxylic acids is 3. The fraction of sp³-hybridized carbons (Fsp3) is 0.298. The van der Waals surface area contributed by atoms with Gasteiger partial charge in [-0.1, -0.05) is 96.5 Å². The summed E-state index contributed by atoms with van der Waals surface area (Å²) in [5.41, 5.74) is 6.53. The summed E-state index contributed by atoms with van der Waals surface area (Å²) >= 11 is 20.4. The Morgan fingerprint density at radius 2 is 1.60 bits per heavy atom. The first-order valence-corrected chi connectivity index (χ1v) is 26.6. The number of aromatic nitrogens is 1. The Bertz CT molecular complexity index is 2860. The standard InChI is InChI=1S/C35H33Cl3N4O4S2.C12H16N2O5S/c1-4-5-13-31(48(45,46)26-16-14-21(2)15-17-26)27-11-6-7-12-30(27)47-33-34(40-25-10-8-9-24(20-25)39-22(3)43)41-42(35(33)44)32-28(37)18-23(36)19-29(32)38;15-12(14-6-8-19-9-7-14)13-4-1-11(2-5-13)3-10-20(16,17)18/h6-12,14-20,31,33H,4-5,13H2,1-3H3,(H,39,43)(H,40,41);1-2,4-5H,3,6-10H2. The van der Waals surface area contributed by atoms with Gasteiger partial charge in [0.2, 0.25) is 5.91 Å². The first-order valence-electron chi connectivity index (χ1n) is 21.4. The van der Waals surface area contributed by atoms with Gasteiger partial charge in [0.25, 0.3) is 5.91 Å². The quantitative estimate of drug-likeness (QED) is 0.0797. The molecule has 2 fully saturated rings. The van der Waals surface area contributed by atoms with E-state index >= 15 is 0 Å². The molecule has 2 N–H and O–H groups in total. The summed E-state index contributed by atoms with van der Waals surface area (Å²) in [6, 6.07) is 27.1. The molecule has 15 nitrogen and oxygen atoms in total. The van der Waals surface area contributed by atoms with Crippen LogP contribution in [-0.2, 0) is 40.7 Å². The van der Waals surface area contributed by atoms with Crippen molar-refractivity contribution in [3.8, 4) is 0 Å². The molecule has 2 unspecified atom stereocenters. The molecule has 0 saturated carbocycles. The van der Waals surface area contributed by atoms with Crippen LogP contribution in [-0.4, -0.2) is 87.3 Å². The lowest BCUT2D eigenvalue weighted by Crippen LogP contribution is -2.55. The van der Waals surface area contributed by atoms with Crippen molar-refractivity contribution >= 4 is 107 Å². The number of ether oxygens (including phenoxy) is 1. The topological polar surface area (TPSA) is 199 Å². The van der Waals surface area contributed by atoms with Crippen LogP contribution in [0.3, 0.4) is 0 Å². The minimum atomic E-state index is -4.21. The maximum absolute atomic E-state index is 14.3. The number of sulfone groups is 1. The lowest BCUT2D eigenvalue weighted by Gasteiger charge is -2.22. The smallest absolute Gasteiger partial charge is 0.498 e. The van der Waals surface area contributed by atoms with Crippen molar-refractivity contribution in [2.75, 3.05) is 42.4 Å². The second-order valence-electron chi connectivity index (χ2n) is 15.8.